The summed E-state index contributed by atoms with van der Waals surface area (Å²) >= 11 is 0. The number of nitrogens with two attached hydrogens (primary N) is 1. The van der Waals surface area contributed by atoms with Crippen LogP contribution in [-0.4, -0.2) is 75.4 Å². The Labute approximate surface area is 251 Å². The van der Waals surface area contributed by atoms with Crippen LogP contribution in [0.2, 0.25) is 0 Å². The topological polar surface area (TPSA) is 106 Å². The van der Waals surface area contributed by atoms with E-state index in [1.807, 2.05) is 6.33 Å². The molecule has 3 fully saturated rings. The maximum atomic E-state index is 6.17. The summed E-state index contributed by atoms with van der Waals surface area (Å²) in [5, 5.41) is 7.46. The highest BCUT2D eigenvalue weighted by Crippen LogP contribution is 2.34. The zero-order valence-corrected chi connectivity index (χ0v) is 25.2. The number of piperidine rings is 1. The third-order valence-electron chi connectivity index (χ3n) is 9.53. The van der Waals surface area contributed by atoms with Gasteiger partial charge in [-0.3, -0.25) is 0 Å². The predicted molar refractivity (Wildman–Crippen MR) is 170 cm³/mol. The van der Waals surface area contributed by atoms with E-state index >= 15 is 0 Å². The number of nitrogens with one attached hydrogen (secondary N) is 2. The molecule has 42 heavy (non-hydrogen) atoms. The minimum atomic E-state index is 0.329. The molecular weight excluding hydrogens is 524 g/mol. The van der Waals surface area contributed by atoms with Crippen LogP contribution >= 0.6 is 0 Å². The van der Waals surface area contributed by atoms with Crippen LogP contribution in [0.1, 0.15) is 88.7 Å². The van der Waals surface area contributed by atoms with Gasteiger partial charge in [-0.15, -0.1) is 0 Å². The highest BCUT2D eigenvalue weighted by Gasteiger charge is 2.26. The van der Waals surface area contributed by atoms with Crippen molar-refractivity contribution in [2.45, 2.75) is 108 Å². The van der Waals surface area contributed by atoms with E-state index in [2.05, 4.69) is 50.4 Å². The normalized spacial score (nSPS) is 22.6. The minimum absolute atomic E-state index is 0.329. The number of imidazole rings is 1. The van der Waals surface area contributed by atoms with Crippen molar-refractivity contribution in [2.75, 3.05) is 43.5 Å². The summed E-state index contributed by atoms with van der Waals surface area (Å²) in [6.07, 6.45) is 16.7. The Kier molecular flexibility index (Phi) is 10.2. The van der Waals surface area contributed by atoms with Crippen molar-refractivity contribution in [3.8, 4) is 0 Å². The van der Waals surface area contributed by atoms with Crippen molar-refractivity contribution >= 4 is 22.9 Å². The highest BCUT2D eigenvalue weighted by molar-refractivity contribution is 5.84. The van der Waals surface area contributed by atoms with Gasteiger partial charge in [-0.2, -0.15) is 9.97 Å². The van der Waals surface area contributed by atoms with Gasteiger partial charge in [0.15, 0.2) is 17.0 Å². The molecule has 0 bridgehead atoms. The molecule has 3 aromatic rings. The van der Waals surface area contributed by atoms with Gasteiger partial charge < -0.3 is 30.6 Å². The van der Waals surface area contributed by atoms with Gasteiger partial charge >= 0.3 is 0 Å². The molecular formula is C33H50N8O. The molecule has 0 radical (unpaired) electrons. The first kappa shape index (κ1) is 29.3. The van der Waals surface area contributed by atoms with Crippen LogP contribution in [0.5, 0.6) is 0 Å². The average Bonchev–Trinajstić information content (AvgIpc) is 3.70. The molecule has 2 saturated carbocycles. The maximum absolute atomic E-state index is 6.17. The molecule has 0 atom stereocenters. The number of hydrogen-bond acceptors (Lipinski definition) is 8. The largest absolute Gasteiger partial charge is 0.381 e. The van der Waals surface area contributed by atoms with Gasteiger partial charge in [0.25, 0.3) is 0 Å². The van der Waals surface area contributed by atoms with E-state index in [0.717, 1.165) is 114 Å². The van der Waals surface area contributed by atoms with Crippen LogP contribution < -0.4 is 16.4 Å². The Balaban J connectivity index is 0.990. The highest BCUT2D eigenvalue weighted by atomic mass is 16.5. The lowest BCUT2D eigenvalue weighted by atomic mass is 9.92. The number of ether oxygens (including phenoxy) is 1. The molecule has 0 amide bonds. The molecule has 1 saturated heterocycles. The zero-order chi connectivity index (χ0) is 28.6. The van der Waals surface area contributed by atoms with Gasteiger partial charge in [0, 0.05) is 57.0 Å². The fourth-order valence-corrected chi connectivity index (χ4v) is 6.99. The van der Waals surface area contributed by atoms with Crippen LogP contribution in [0.3, 0.4) is 0 Å². The number of likely N-dealkylation sites (tertiary alicyclic amines) is 1. The van der Waals surface area contributed by atoms with E-state index in [0.29, 0.717) is 24.2 Å². The van der Waals surface area contributed by atoms with Crippen molar-refractivity contribution in [2.24, 2.45) is 5.73 Å². The van der Waals surface area contributed by atoms with Gasteiger partial charge in [0.2, 0.25) is 5.95 Å². The summed E-state index contributed by atoms with van der Waals surface area (Å²) in [5.41, 5.74) is 9.44. The Hall–Kier alpha value is -2.75. The smallest absolute Gasteiger partial charge is 0.227 e. The van der Waals surface area contributed by atoms with Crippen LogP contribution in [0.15, 0.2) is 36.7 Å². The van der Waals surface area contributed by atoms with Gasteiger partial charge in [-0.1, -0.05) is 43.2 Å². The lowest BCUT2D eigenvalue weighted by Gasteiger charge is -2.32. The summed E-state index contributed by atoms with van der Waals surface area (Å²) < 4.78 is 8.23. The number of fused-ring (bicyclic) bond motifs is 1. The zero-order valence-electron chi connectivity index (χ0n) is 25.2. The molecule has 4 N–H and O–H groups in total. The second-order valence-corrected chi connectivity index (χ2v) is 12.7. The van der Waals surface area contributed by atoms with Crippen LogP contribution in [0.4, 0.5) is 11.8 Å². The molecule has 1 aromatic carbocycles. The van der Waals surface area contributed by atoms with Crippen molar-refractivity contribution in [1.29, 1.82) is 0 Å². The third kappa shape index (κ3) is 7.79. The summed E-state index contributed by atoms with van der Waals surface area (Å²) in [4.78, 5) is 17.4. The monoisotopic (exact) mass is 574 g/mol. The van der Waals surface area contributed by atoms with Crippen molar-refractivity contribution in [1.82, 2.24) is 24.4 Å². The molecule has 3 heterocycles. The minimum Gasteiger partial charge on any atom is -0.381 e. The molecule has 9 nitrogen and oxygen atoms in total. The Morgan fingerprint density at radius 2 is 1.57 bits per heavy atom. The van der Waals surface area contributed by atoms with E-state index in [4.69, 9.17) is 25.4 Å². The molecule has 0 spiro atoms. The third-order valence-corrected chi connectivity index (χ3v) is 9.53. The fourth-order valence-electron chi connectivity index (χ4n) is 6.99. The lowest BCUT2D eigenvalue weighted by molar-refractivity contribution is 0.114. The second-order valence-electron chi connectivity index (χ2n) is 12.7. The van der Waals surface area contributed by atoms with Crippen molar-refractivity contribution < 1.29 is 4.74 Å². The number of hydrogen-bond donors (Lipinski definition) is 3. The van der Waals surface area contributed by atoms with Crippen molar-refractivity contribution in [3.63, 3.8) is 0 Å². The van der Waals surface area contributed by atoms with Gasteiger partial charge in [-0.25, -0.2) is 4.98 Å². The second kappa shape index (κ2) is 14.6. The molecule has 6 rings (SSSR count). The molecule has 9 heteroatoms. The quantitative estimate of drug-likeness (QED) is 0.229. The Morgan fingerprint density at radius 1 is 0.833 bits per heavy atom. The van der Waals surface area contributed by atoms with Crippen LogP contribution in [0, 0.1) is 0 Å². The average molecular weight is 575 g/mol. The summed E-state index contributed by atoms with van der Waals surface area (Å²) in [6.45, 7) is 4.99. The summed E-state index contributed by atoms with van der Waals surface area (Å²) in [5.74, 6) is 1.61. The first-order valence-corrected chi connectivity index (χ1v) is 16.6. The first-order valence-electron chi connectivity index (χ1n) is 16.6. The number of aromatic nitrogens is 4. The number of anilines is 2. The molecule has 1 aliphatic heterocycles. The Bertz CT molecular complexity index is 1230. The van der Waals surface area contributed by atoms with Gasteiger partial charge in [0.05, 0.1) is 6.33 Å². The standard InChI is InChI=1S/C33H50N8O/c34-26-13-15-27(16-14-26)36-31-30-32(41(24-35-30)29-11-4-5-12-29)39-33(38-31)37-28-17-20-40(21-18-28)19-7-23-42-22-6-10-25-8-2-1-3-9-25/h1-3,8-9,24,26-29H,4-7,10-23,34H2,(H2,36,37,38,39). The van der Waals surface area contributed by atoms with E-state index in [1.54, 1.807) is 0 Å². The molecule has 0 unspecified atom stereocenters. The first-order chi connectivity index (χ1) is 20.7. The Morgan fingerprint density at radius 3 is 2.36 bits per heavy atom. The lowest BCUT2D eigenvalue weighted by Crippen LogP contribution is -2.40. The summed E-state index contributed by atoms with van der Waals surface area (Å²) in [7, 11) is 0. The number of nitrogens with zero attached hydrogens (tertiary/aromatic N) is 5. The predicted octanol–water partition coefficient (Wildman–Crippen LogP) is 5.54. The van der Waals surface area contributed by atoms with Gasteiger partial charge in [-0.05, 0) is 76.2 Å². The van der Waals surface area contributed by atoms with Crippen LogP contribution in [-0.2, 0) is 11.2 Å². The SMILES string of the molecule is NC1CCC(Nc2nc(NC3CCN(CCCOCCCc4ccccc4)CC3)nc3c2ncn3C2CCCC2)CC1. The maximum Gasteiger partial charge on any atom is 0.227 e. The van der Waals surface area contributed by atoms with E-state index < -0.39 is 0 Å². The number of benzene rings is 1. The number of rotatable bonds is 13. The molecule has 228 valence electrons. The fraction of sp³-hybridized carbons (Fsp3) is 0.667. The van der Waals surface area contributed by atoms with E-state index in [1.165, 1.54) is 31.2 Å². The molecule has 2 aromatic heterocycles. The van der Waals surface area contributed by atoms with E-state index in [-0.39, 0.29) is 0 Å². The summed E-state index contributed by atoms with van der Waals surface area (Å²) in [6, 6.07) is 12.3. The molecule has 3 aliphatic rings. The van der Waals surface area contributed by atoms with Crippen LogP contribution in [0.25, 0.3) is 11.2 Å². The number of aryl methyl sites for hydroxylation is 1. The van der Waals surface area contributed by atoms with E-state index in [9.17, 15) is 0 Å². The van der Waals surface area contributed by atoms with Gasteiger partial charge in [0.1, 0.15) is 0 Å². The van der Waals surface area contributed by atoms with Crippen molar-refractivity contribution in [3.05, 3.63) is 42.2 Å². The molecule has 2 aliphatic carbocycles.